The summed E-state index contributed by atoms with van der Waals surface area (Å²) in [6.45, 7) is 4.91. The summed E-state index contributed by atoms with van der Waals surface area (Å²) in [5, 5.41) is 4.04. The first-order valence-corrected chi connectivity index (χ1v) is 6.20. The van der Waals surface area contributed by atoms with Crippen molar-refractivity contribution in [2.75, 3.05) is 13.7 Å². The molecule has 0 aliphatic carbocycles. The third kappa shape index (κ3) is 3.57. The first kappa shape index (κ1) is 14.7. The highest BCUT2D eigenvalue weighted by molar-refractivity contribution is 5.96. The van der Waals surface area contributed by atoms with Gasteiger partial charge in [0.2, 0.25) is 0 Å². The predicted octanol–water partition coefficient (Wildman–Crippen LogP) is 1.77. The number of aryl methyl sites for hydroxylation is 1. The minimum Gasteiger partial charge on any atom is -0.493 e. The highest BCUT2D eigenvalue weighted by Crippen LogP contribution is 2.28. The number of hydrogen-bond acceptors (Lipinski definition) is 4. The van der Waals surface area contributed by atoms with Crippen LogP contribution in [0.25, 0.3) is 0 Å². The number of carbonyl (C=O) groups excluding carboxylic acids is 1. The van der Waals surface area contributed by atoms with Gasteiger partial charge in [-0.15, -0.1) is 0 Å². The lowest BCUT2D eigenvalue weighted by atomic mass is 9.83. The summed E-state index contributed by atoms with van der Waals surface area (Å²) in [6.07, 6.45) is 3.79. The smallest absolute Gasteiger partial charge is 0.184 e. The van der Waals surface area contributed by atoms with Gasteiger partial charge < -0.3 is 10.5 Å². The van der Waals surface area contributed by atoms with Gasteiger partial charge in [0.25, 0.3) is 0 Å². The second-order valence-electron chi connectivity index (χ2n) is 5.31. The topological polar surface area (TPSA) is 70.1 Å². The Balaban J connectivity index is 2.68. The molecule has 1 rings (SSSR count). The van der Waals surface area contributed by atoms with Crippen LogP contribution in [0.5, 0.6) is 5.75 Å². The first-order valence-electron chi connectivity index (χ1n) is 6.20. The summed E-state index contributed by atoms with van der Waals surface area (Å²) in [5.41, 5.74) is 6.20. The van der Waals surface area contributed by atoms with Gasteiger partial charge >= 0.3 is 0 Å². The monoisotopic (exact) mass is 253 g/mol. The average Bonchev–Trinajstić information content (AvgIpc) is 2.67. The van der Waals surface area contributed by atoms with Crippen LogP contribution in [0.3, 0.4) is 0 Å². The molecular formula is C13H23N3O2. The zero-order valence-corrected chi connectivity index (χ0v) is 11.7. The van der Waals surface area contributed by atoms with Crippen LogP contribution in [0.1, 0.15) is 43.6 Å². The summed E-state index contributed by atoms with van der Waals surface area (Å²) >= 11 is 0. The largest absolute Gasteiger partial charge is 0.493 e. The molecule has 0 radical (unpaired) electrons. The fraction of sp³-hybridized carbons (Fsp3) is 0.692. The third-order valence-corrected chi connectivity index (χ3v) is 3.24. The molecule has 0 fully saturated rings. The fourth-order valence-corrected chi connectivity index (χ4v) is 1.97. The molecule has 1 heterocycles. The summed E-state index contributed by atoms with van der Waals surface area (Å²) in [4.78, 5) is 12.2. The van der Waals surface area contributed by atoms with Crippen LogP contribution in [-0.2, 0) is 7.05 Å². The number of nitrogens with two attached hydrogens (primary N) is 1. The van der Waals surface area contributed by atoms with Crippen LogP contribution in [0, 0.1) is 5.41 Å². The number of rotatable bonds is 7. The minimum absolute atomic E-state index is 0.0666. The number of aromatic nitrogens is 2. The van der Waals surface area contributed by atoms with Crippen molar-refractivity contribution in [3.8, 4) is 5.75 Å². The number of hydrogen-bond donors (Lipinski definition) is 1. The number of carbonyl (C=O) groups is 1. The van der Waals surface area contributed by atoms with Crippen molar-refractivity contribution in [1.29, 1.82) is 0 Å². The molecule has 0 aliphatic heterocycles. The van der Waals surface area contributed by atoms with Crippen molar-refractivity contribution in [3.05, 3.63) is 11.9 Å². The SMILES string of the molecule is COc1cnn(C)c1C(=O)CCC(C)(C)CCN. The zero-order chi connectivity index (χ0) is 13.8. The van der Waals surface area contributed by atoms with Crippen LogP contribution in [0.2, 0.25) is 0 Å². The third-order valence-electron chi connectivity index (χ3n) is 3.24. The van der Waals surface area contributed by atoms with Gasteiger partial charge in [-0.2, -0.15) is 5.10 Å². The maximum atomic E-state index is 12.2. The summed E-state index contributed by atoms with van der Waals surface area (Å²) in [5.74, 6) is 0.607. The number of ketones is 1. The van der Waals surface area contributed by atoms with E-state index in [4.69, 9.17) is 10.5 Å². The number of nitrogens with zero attached hydrogens (tertiary/aromatic N) is 2. The van der Waals surface area contributed by atoms with E-state index in [0.717, 1.165) is 12.8 Å². The predicted molar refractivity (Wildman–Crippen MR) is 70.8 cm³/mol. The summed E-state index contributed by atoms with van der Waals surface area (Å²) in [6, 6.07) is 0. The number of methoxy groups -OCH3 is 1. The Bertz CT molecular complexity index is 410. The molecule has 0 spiro atoms. The highest BCUT2D eigenvalue weighted by Gasteiger charge is 2.22. The van der Waals surface area contributed by atoms with Crippen LogP contribution in [0.4, 0.5) is 0 Å². The molecule has 5 nitrogen and oxygen atoms in total. The fourth-order valence-electron chi connectivity index (χ4n) is 1.97. The van der Waals surface area contributed by atoms with E-state index in [-0.39, 0.29) is 11.2 Å². The van der Waals surface area contributed by atoms with Gasteiger partial charge in [0.05, 0.1) is 13.3 Å². The van der Waals surface area contributed by atoms with Gasteiger partial charge in [0.15, 0.2) is 11.5 Å². The molecule has 1 aromatic heterocycles. The summed E-state index contributed by atoms with van der Waals surface area (Å²) < 4.78 is 6.71. The highest BCUT2D eigenvalue weighted by atomic mass is 16.5. The second-order valence-corrected chi connectivity index (χ2v) is 5.31. The van der Waals surface area contributed by atoms with Gasteiger partial charge in [-0.3, -0.25) is 9.48 Å². The van der Waals surface area contributed by atoms with Gasteiger partial charge in [0.1, 0.15) is 5.69 Å². The van der Waals surface area contributed by atoms with Crippen LogP contribution < -0.4 is 10.5 Å². The Morgan fingerprint density at radius 2 is 2.17 bits per heavy atom. The van der Waals surface area contributed by atoms with E-state index in [2.05, 4.69) is 18.9 Å². The lowest BCUT2D eigenvalue weighted by Gasteiger charge is -2.23. The molecule has 0 aromatic carbocycles. The lowest BCUT2D eigenvalue weighted by Crippen LogP contribution is -2.19. The molecule has 5 heteroatoms. The van der Waals surface area contributed by atoms with Crippen molar-refractivity contribution >= 4 is 5.78 Å². The van der Waals surface area contributed by atoms with E-state index in [1.807, 2.05) is 0 Å². The van der Waals surface area contributed by atoms with E-state index in [1.165, 1.54) is 0 Å². The zero-order valence-electron chi connectivity index (χ0n) is 11.7. The van der Waals surface area contributed by atoms with Crippen LogP contribution in [0.15, 0.2) is 6.20 Å². The minimum atomic E-state index is 0.0666. The van der Waals surface area contributed by atoms with Crippen LogP contribution in [-0.4, -0.2) is 29.2 Å². The Morgan fingerprint density at radius 1 is 1.50 bits per heavy atom. The molecule has 0 bridgehead atoms. The molecule has 0 aliphatic rings. The maximum Gasteiger partial charge on any atom is 0.184 e. The second kappa shape index (κ2) is 6.00. The molecule has 2 N–H and O–H groups in total. The maximum absolute atomic E-state index is 12.2. The van der Waals surface area contributed by atoms with E-state index >= 15 is 0 Å². The van der Waals surface area contributed by atoms with Crippen molar-refractivity contribution < 1.29 is 9.53 Å². The van der Waals surface area contributed by atoms with Crippen molar-refractivity contribution in [2.24, 2.45) is 18.2 Å². The van der Waals surface area contributed by atoms with E-state index in [0.29, 0.717) is 24.4 Å². The molecule has 0 saturated heterocycles. The number of ether oxygens (including phenoxy) is 1. The normalized spacial score (nSPS) is 11.6. The van der Waals surface area contributed by atoms with Crippen molar-refractivity contribution in [1.82, 2.24) is 9.78 Å². The molecule has 0 atom stereocenters. The molecule has 0 amide bonds. The van der Waals surface area contributed by atoms with E-state index < -0.39 is 0 Å². The van der Waals surface area contributed by atoms with Crippen LogP contribution >= 0.6 is 0 Å². The Morgan fingerprint density at radius 3 is 2.72 bits per heavy atom. The standard InChI is InChI=1S/C13H23N3O2/c1-13(2,7-8-14)6-5-10(17)12-11(18-4)9-15-16(12)3/h9H,5-8,14H2,1-4H3. The van der Waals surface area contributed by atoms with Gasteiger partial charge in [-0.1, -0.05) is 13.8 Å². The van der Waals surface area contributed by atoms with E-state index in [1.54, 1.807) is 25.0 Å². The molecule has 0 unspecified atom stereocenters. The molecule has 0 saturated carbocycles. The molecule has 18 heavy (non-hydrogen) atoms. The lowest BCUT2D eigenvalue weighted by molar-refractivity contribution is 0.0949. The Kier molecular flexibility index (Phi) is 4.90. The average molecular weight is 253 g/mol. The first-order chi connectivity index (χ1) is 8.41. The Labute approximate surface area is 108 Å². The van der Waals surface area contributed by atoms with Crippen molar-refractivity contribution in [2.45, 2.75) is 33.1 Å². The van der Waals surface area contributed by atoms with Gasteiger partial charge in [0, 0.05) is 13.5 Å². The Hall–Kier alpha value is -1.36. The quantitative estimate of drug-likeness (QED) is 0.752. The van der Waals surface area contributed by atoms with Crippen molar-refractivity contribution in [3.63, 3.8) is 0 Å². The molecule has 102 valence electrons. The van der Waals surface area contributed by atoms with Gasteiger partial charge in [-0.05, 0) is 24.8 Å². The van der Waals surface area contributed by atoms with E-state index in [9.17, 15) is 4.79 Å². The van der Waals surface area contributed by atoms with Gasteiger partial charge in [-0.25, -0.2) is 0 Å². The number of Topliss-reactive ketones (excluding diaryl/α,β-unsaturated/α-hetero) is 1. The molecule has 1 aromatic rings. The summed E-state index contributed by atoms with van der Waals surface area (Å²) in [7, 11) is 3.30. The molecular weight excluding hydrogens is 230 g/mol.